The monoisotopic (exact) mass is 299 g/mol. The minimum absolute atomic E-state index is 0.234. The maximum atomic E-state index is 9.80. The third kappa shape index (κ3) is 2.10. The second-order valence-corrected chi connectivity index (χ2v) is 4.88. The highest BCUT2D eigenvalue weighted by molar-refractivity contribution is 6.33. The molecule has 20 heavy (non-hydrogen) atoms. The first kappa shape index (κ1) is 13.5. The molecule has 0 radical (unpaired) electrons. The number of anilines is 1. The molecule has 2 aromatic rings. The standard InChI is InChI=1S/C11H14ClN5O3/c1-13-11-15-9(12)8-10(16-11)17(4-14-8)7-2-5(19)6(3-18)20-7/h4-7,18-19H,2-3H2,1H3,(H,13,15,16)/t5-,6+,7-/m1/s1. The lowest BCUT2D eigenvalue weighted by Crippen LogP contribution is -2.24. The first-order valence-corrected chi connectivity index (χ1v) is 6.54. The molecule has 0 unspecified atom stereocenters. The number of nitrogens with one attached hydrogen (secondary N) is 1. The van der Waals surface area contributed by atoms with Crippen LogP contribution in [0.2, 0.25) is 5.15 Å². The molecule has 0 amide bonds. The number of ether oxygens (including phenoxy) is 1. The van der Waals surface area contributed by atoms with Crippen LogP contribution in [0.3, 0.4) is 0 Å². The van der Waals surface area contributed by atoms with Crippen LogP contribution in [0.4, 0.5) is 5.95 Å². The van der Waals surface area contributed by atoms with Crippen molar-refractivity contribution in [3.63, 3.8) is 0 Å². The Morgan fingerprint density at radius 1 is 1.55 bits per heavy atom. The molecule has 0 aliphatic carbocycles. The van der Waals surface area contributed by atoms with E-state index in [1.807, 2.05) is 0 Å². The van der Waals surface area contributed by atoms with Crippen LogP contribution in [0.1, 0.15) is 12.6 Å². The van der Waals surface area contributed by atoms with E-state index in [4.69, 9.17) is 21.4 Å². The molecule has 1 fully saturated rings. The summed E-state index contributed by atoms with van der Waals surface area (Å²) in [5, 5.41) is 22.0. The van der Waals surface area contributed by atoms with E-state index in [1.165, 1.54) is 0 Å². The SMILES string of the molecule is CNc1nc(Cl)c2ncn([C@H]3C[C@@H](O)[C@H](CO)O3)c2n1. The van der Waals surface area contributed by atoms with E-state index in [9.17, 15) is 5.11 Å². The number of fused-ring (bicyclic) bond motifs is 1. The van der Waals surface area contributed by atoms with E-state index in [2.05, 4.69) is 20.3 Å². The number of halogens is 1. The topological polar surface area (TPSA) is 105 Å². The molecule has 1 aliphatic rings. The van der Waals surface area contributed by atoms with Gasteiger partial charge in [0.25, 0.3) is 0 Å². The lowest BCUT2D eigenvalue weighted by molar-refractivity contribution is -0.0432. The Morgan fingerprint density at radius 3 is 3.00 bits per heavy atom. The molecule has 0 saturated carbocycles. The Hall–Kier alpha value is -1.48. The van der Waals surface area contributed by atoms with E-state index in [-0.39, 0.29) is 11.8 Å². The number of hydrogen-bond donors (Lipinski definition) is 3. The Kier molecular flexibility index (Phi) is 3.47. The average Bonchev–Trinajstić information content (AvgIpc) is 3.01. The molecule has 9 heteroatoms. The van der Waals surface area contributed by atoms with E-state index in [0.717, 1.165) is 0 Å². The van der Waals surface area contributed by atoms with Crippen LogP contribution < -0.4 is 5.32 Å². The molecule has 0 spiro atoms. The van der Waals surface area contributed by atoms with Crippen molar-refractivity contribution in [2.45, 2.75) is 24.9 Å². The van der Waals surface area contributed by atoms with Gasteiger partial charge in [0.2, 0.25) is 5.95 Å². The zero-order chi connectivity index (χ0) is 14.3. The fourth-order valence-electron chi connectivity index (χ4n) is 2.25. The predicted molar refractivity (Wildman–Crippen MR) is 71.5 cm³/mol. The first-order chi connectivity index (χ1) is 9.63. The normalized spacial score (nSPS) is 26.3. The van der Waals surface area contributed by atoms with Crippen molar-refractivity contribution in [1.82, 2.24) is 19.5 Å². The Labute approximate surface area is 119 Å². The predicted octanol–water partition coefficient (Wildman–Crippen LogP) is 0.162. The van der Waals surface area contributed by atoms with Gasteiger partial charge in [-0.15, -0.1) is 0 Å². The van der Waals surface area contributed by atoms with Gasteiger partial charge >= 0.3 is 0 Å². The number of aromatic nitrogens is 4. The zero-order valence-corrected chi connectivity index (χ0v) is 11.4. The van der Waals surface area contributed by atoms with Crippen molar-refractivity contribution in [3.8, 4) is 0 Å². The molecule has 3 rings (SSSR count). The van der Waals surface area contributed by atoms with Crippen molar-refractivity contribution in [2.75, 3.05) is 19.0 Å². The summed E-state index contributed by atoms with van der Waals surface area (Å²) < 4.78 is 7.27. The van der Waals surface area contributed by atoms with Gasteiger partial charge in [-0.1, -0.05) is 11.6 Å². The number of nitrogens with zero attached hydrogens (tertiary/aromatic N) is 4. The largest absolute Gasteiger partial charge is 0.394 e. The van der Waals surface area contributed by atoms with Gasteiger partial charge in [0.1, 0.15) is 17.8 Å². The minimum Gasteiger partial charge on any atom is -0.394 e. The van der Waals surface area contributed by atoms with Crippen molar-refractivity contribution in [2.24, 2.45) is 0 Å². The quantitative estimate of drug-likeness (QED) is 0.693. The molecular weight excluding hydrogens is 286 g/mol. The van der Waals surface area contributed by atoms with E-state index >= 15 is 0 Å². The Morgan fingerprint density at radius 2 is 2.35 bits per heavy atom. The van der Waals surface area contributed by atoms with Crippen LogP contribution in [-0.2, 0) is 4.74 Å². The van der Waals surface area contributed by atoms with Crippen LogP contribution in [0, 0.1) is 0 Å². The molecule has 1 aliphatic heterocycles. The molecule has 3 atom stereocenters. The molecule has 108 valence electrons. The van der Waals surface area contributed by atoms with Gasteiger partial charge < -0.3 is 20.3 Å². The summed E-state index contributed by atoms with van der Waals surface area (Å²) >= 11 is 6.05. The number of aliphatic hydroxyl groups excluding tert-OH is 2. The van der Waals surface area contributed by atoms with Crippen molar-refractivity contribution < 1.29 is 14.9 Å². The number of aliphatic hydroxyl groups is 2. The molecule has 8 nitrogen and oxygen atoms in total. The van der Waals surface area contributed by atoms with Crippen LogP contribution in [-0.4, -0.2) is 55.6 Å². The van der Waals surface area contributed by atoms with Crippen LogP contribution in [0.25, 0.3) is 11.2 Å². The van der Waals surface area contributed by atoms with E-state index in [1.54, 1.807) is 17.9 Å². The average molecular weight is 300 g/mol. The van der Waals surface area contributed by atoms with Gasteiger partial charge in [-0.2, -0.15) is 9.97 Å². The minimum atomic E-state index is -0.719. The highest BCUT2D eigenvalue weighted by Gasteiger charge is 2.35. The third-order valence-corrected chi connectivity index (χ3v) is 3.56. The molecule has 1 saturated heterocycles. The van der Waals surface area contributed by atoms with E-state index in [0.29, 0.717) is 23.5 Å². The Bertz CT molecular complexity index is 634. The summed E-state index contributed by atoms with van der Waals surface area (Å²) in [4.78, 5) is 12.5. The van der Waals surface area contributed by atoms with Gasteiger partial charge in [0.05, 0.1) is 19.0 Å². The smallest absolute Gasteiger partial charge is 0.225 e. The van der Waals surface area contributed by atoms with Gasteiger partial charge in [-0.25, -0.2) is 4.98 Å². The lowest BCUT2D eigenvalue weighted by Gasteiger charge is -2.13. The molecular formula is C11H14ClN5O3. The fraction of sp³-hybridized carbons (Fsp3) is 0.545. The van der Waals surface area contributed by atoms with Crippen LogP contribution in [0.15, 0.2) is 6.33 Å². The summed E-state index contributed by atoms with van der Waals surface area (Å²) in [5.74, 6) is 0.376. The van der Waals surface area contributed by atoms with Crippen molar-refractivity contribution in [3.05, 3.63) is 11.5 Å². The summed E-state index contributed by atoms with van der Waals surface area (Å²) in [7, 11) is 1.69. The summed E-state index contributed by atoms with van der Waals surface area (Å²) in [6.07, 6.45) is 0.138. The first-order valence-electron chi connectivity index (χ1n) is 6.16. The van der Waals surface area contributed by atoms with Crippen molar-refractivity contribution >= 4 is 28.7 Å². The van der Waals surface area contributed by atoms with E-state index < -0.39 is 18.4 Å². The summed E-state index contributed by atoms with van der Waals surface area (Å²) in [6.45, 7) is -0.234. The zero-order valence-electron chi connectivity index (χ0n) is 10.7. The van der Waals surface area contributed by atoms with Gasteiger partial charge in [-0.3, -0.25) is 4.57 Å². The maximum Gasteiger partial charge on any atom is 0.225 e. The highest BCUT2D eigenvalue weighted by Crippen LogP contribution is 2.32. The van der Waals surface area contributed by atoms with Gasteiger partial charge in [-0.05, 0) is 0 Å². The second-order valence-electron chi connectivity index (χ2n) is 4.53. The van der Waals surface area contributed by atoms with Crippen molar-refractivity contribution in [1.29, 1.82) is 0 Å². The summed E-state index contributed by atoms with van der Waals surface area (Å²) in [6, 6.07) is 0. The third-order valence-electron chi connectivity index (χ3n) is 3.30. The number of hydrogen-bond acceptors (Lipinski definition) is 7. The molecule has 3 heterocycles. The van der Waals surface area contributed by atoms with Crippen LogP contribution >= 0.6 is 11.6 Å². The molecule has 2 aromatic heterocycles. The highest BCUT2D eigenvalue weighted by atomic mass is 35.5. The Balaban J connectivity index is 2.02. The summed E-state index contributed by atoms with van der Waals surface area (Å²) in [5.41, 5.74) is 0.987. The van der Waals surface area contributed by atoms with Crippen LogP contribution in [0.5, 0.6) is 0 Å². The lowest BCUT2D eigenvalue weighted by atomic mass is 10.2. The number of imidazole rings is 1. The maximum absolute atomic E-state index is 9.80. The second kappa shape index (κ2) is 5.13. The molecule has 0 bridgehead atoms. The number of rotatable bonds is 3. The fourth-order valence-corrected chi connectivity index (χ4v) is 2.47. The van der Waals surface area contributed by atoms with Gasteiger partial charge in [0.15, 0.2) is 10.8 Å². The van der Waals surface area contributed by atoms with Gasteiger partial charge in [0, 0.05) is 13.5 Å². The molecule has 0 aromatic carbocycles. The molecule has 3 N–H and O–H groups in total.